The van der Waals surface area contributed by atoms with Gasteiger partial charge in [-0.1, -0.05) is 36.7 Å². The van der Waals surface area contributed by atoms with Gasteiger partial charge in [0.25, 0.3) is 0 Å². The normalized spacial score (nSPS) is 17.5. The number of halogens is 1. The summed E-state index contributed by atoms with van der Waals surface area (Å²) < 4.78 is 0. The van der Waals surface area contributed by atoms with Crippen molar-refractivity contribution in [2.24, 2.45) is 0 Å². The van der Waals surface area contributed by atoms with Crippen LogP contribution in [0.2, 0.25) is 5.02 Å². The molecule has 0 fully saturated rings. The lowest BCUT2D eigenvalue weighted by Crippen LogP contribution is -2.33. The number of hydrogen-bond donors (Lipinski definition) is 2. The smallest absolute Gasteiger partial charge is 0.183 e. The van der Waals surface area contributed by atoms with Crippen LogP contribution in [0.1, 0.15) is 29.5 Å². The molecule has 3 nitrogen and oxygen atoms in total. The van der Waals surface area contributed by atoms with E-state index >= 15 is 0 Å². The van der Waals surface area contributed by atoms with E-state index in [2.05, 4.69) is 17.6 Å². The van der Waals surface area contributed by atoms with Crippen LogP contribution >= 0.6 is 22.9 Å². The highest BCUT2D eigenvalue weighted by Gasteiger charge is 2.21. The molecule has 21 heavy (non-hydrogen) atoms. The Morgan fingerprint density at radius 1 is 1.38 bits per heavy atom. The van der Waals surface area contributed by atoms with Crippen LogP contribution in [-0.4, -0.2) is 17.6 Å². The lowest BCUT2D eigenvalue weighted by Gasteiger charge is -2.21. The first-order valence-corrected chi connectivity index (χ1v) is 8.65. The summed E-state index contributed by atoms with van der Waals surface area (Å²) in [6.45, 7) is 3.93. The molecule has 1 heterocycles. The van der Waals surface area contributed by atoms with E-state index in [1.54, 1.807) is 11.3 Å². The summed E-state index contributed by atoms with van der Waals surface area (Å²) in [5, 5.41) is 8.76. The SMILES string of the molecule is CCNC1CCc2nc(NCc3ccccc3Cl)sc2C1. The molecule has 112 valence electrons. The number of hydrogen-bond acceptors (Lipinski definition) is 4. The molecule has 5 heteroatoms. The average Bonchev–Trinajstić information content (AvgIpc) is 2.89. The largest absolute Gasteiger partial charge is 0.357 e. The third-order valence-electron chi connectivity index (χ3n) is 3.82. The highest BCUT2D eigenvalue weighted by molar-refractivity contribution is 7.15. The van der Waals surface area contributed by atoms with E-state index in [0.717, 1.165) is 41.6 Å². The second kappa shape index (κ2) is 6.77. The van der Waals surface area contributed by atoms with Crippen molar-refractivity contribution in [3.05, 3.63) is 45.4 Å². The van der Waals surface area contributed by atoms with Gasteiger partial charge in [-0.3, -0.25) is 0 Å². The fraction of sp³-hybridized carbons (Fsp3) is 0.438. The molecule has 0 saturated heterocycles. The van der Waals surface area contributed by atoms with Gasteiger partial charge in [-0.05, 0) is 37.4 Å². The summed E-state index contributed by atoms with van der Waals surface area (Å²) in [6, 6.07) is 8.54. The molecular weight excluding hydrogens is 302 g/mol. The zero-order valence-corrected chi connectivity index (χ0v) is 13.7. The summed E-state index contributed by atoms with van der Waals surface area (Å²) in [5.41, 5.74) is 2.38. The Morgan fingerprint density at radius 2 is 2.24 bits per heavy atom. The molecule has 3 rings (SSSR count). The van der Waals surface area contributed by atoms with Crippen molar-refractivity contribution in [1.82, 2.24) is 10.3 Å². The minimum Gasteiger partial charge on any atom is -0.357 e. The van der Waals surface area contributed by atoms with Gasteiger partial charge in [0.15, 0.2) is 5.13 Å². The van der Waals surface area contributed by atoms with Crippen molar-refractivity contribution >= 4 is 28.1 Å². The molecule has 0 amide bonds. The van der Waals surface area contributed by atoms with Gasteiger partial charge in [-0.2, -0.15) is 0 Å². The number of fused-ring (bicyclic) bond motifs is 1. The predicted molar refractivity (Wildman–Crippen MR) is 90.4 cm³/mol. The van der Waals surface area contributed by atoms with E-state index in [-0.39, 0.29) is 0 Å². The Balaban J connectivity index is 1.64. The Morgan fingerprint density at radius 3 is 3.05 bits per heavy atom. The van der Waals surface area contributed by atoms with Gasteiger partial charge in [0.1, 0.15) is 0 Å². The first-order chi connectivity index (χ1) is 10.3. The van der Waals surface area contributed by atoms with Crippen molar-refractivity contribution in [2.45, 2.75) is 38.8 Å². The third kappa shape index (κ3) is 3.57. The predicted octanol–water partition coefficient (Wildman–Crippen LogP) is 3.88. The molecule has 0 spiro atoms. The van der Waals surface area contributed by atoms with Crippen molar-refractivity contribution in [3.8, 4) is 0 Å². The lowest BCUT2D eigenvalue weighted by atomic mass is 9.98. The molecule has 1 aliphatic rings. The molecule has 1 aliphatic carbocycles. The minimum atomic E-state index is 0.611. The Hall–Kier alpha value is -1.10. The van der Waals surface area contributed by atoms with Crippen molar-refractivity contribution < 1.29 is 0 Å². The number of nitrogens with one attached hydrogen (secondary N) is 2. The third-order valence-corrected chi connectivity index (χ3v) is 5.27. The van der Waals surface area contributed by atoms with E-state index in [9.17, 15) is 0 Å². The topological polar surface area (TPSA) is 37.0 Å². The number of nitrogens with zero attached hydrogens (tertiary/aromatic N) is 1. The molecule has 1 unspecified atom stereocenters. The summed E-state index contributed by atoms with van der Waals surface area (Å²) in [4.78, 5) is 6.15. The molecule has 1 atom stereocenters. The summed E-state index contributed by atoms with van der Waals surface area (Å²) >= 11 is 7.96. The maximum Gasteiger partial charge on any atom is 0.183 e. The van der Waals surface area contributed by atoms with Gasteiger partial charge >= 0.3 is 0 Å². The fourth-order valence-corrected chi connectivity index (χ4v) is 4.01. The number of anilines is 1. The summed E-state index contributed by atoms with van der Waals surface area (Å²) in [5.74, 6) is 0. The molecule has 0 radical (unpaired) electrons. The van der Waals surface area contributed by atoms with Crippen molar-refractivity contribution in [3.63, 3.8) is 0 Å². The van der Waals surface area contributed by atoms with Crippen LogP contribution in [0.25, 0.3) is 0 Å². The fourth-order valence-electron chi connectivity index (χ4n) is 2.73. The van der Waals surface area contributed by atoms with Crippen LogP contribution in [-0.2, 0) is 19.4 Å². The van der Waals surface area contributed by atoms with E-state index in [0.29, 0.717) is 6.04 Å². The molecule has 0 saturated carbocycles. The number of likely N-dealkylation sites (N-methyl/N-ethyl adjacent to an activating group) is 1. The maximum atomic E-state index is 6.18. The number of aromatic nitrogens is 1. The van der Waals surface area contributed by atoms with Gasteiger partial charge in [-0.15, -0.1) is 11.3 Å². The summed E-state index contributed by atoms with van der Waals surface area (Å²) in [7, 11) is 0. The van der Waals surface area contributed by atoms with Gasteiger partial charge in [0, 0.05) is 22.5 Å². The second-order valence-electron chi connectivity index (χ2n) is 5.33. The highest BCUT2D eigenvalue weighted by Crippen LogP contribution is 2.30. The molecule has 2 aromatic rings. The van der Waals surface area contributed by atoms with Crippen LogP contribution in [0.3, 0.4) is 0 Å². The molecule has 0 aliphatic heterocycles. The minimum absolute atomic E-state index is 0.611. The number of thiazole rings is 1. The highest BCUT2D eigenvalue weighted by atomic mass is 35.5. The van der Waals surface area contributed by atoms with Crippen LogP contribution in [0.15, 0.2) is 24.3 Å². The van der Waals surface area contributed by atoms with Gasteiger partial charge in [0.05, 0.1) is 5.69 Å². The Kier molecular flexibility index (Phi) is 4.78. The van der Waals surface area contributed by atoms with Crippen LogP contribution in [0, 0.1) is 0 Å². The Labute approximate surface area is 134 Å². The standard InChI is InChI=1S/C16H20ClN3S/c1-2-18-12-7-8-14-15(9-12)21-16(20-14)19-10-11-5-3-4-6-13(11)17/h3-6,12,18H,2,7-10H2,1H3,(H,19,20). The van der Waals surface area contributed by atoms with Gasteiger partial charge < -0.3 is 10.6 Å². The zero-order valence-electron chi connectivity index (χ0n) is 12.2. The van der Waals surface area contributed by atoms with E-state index < -0.39 is 0 Å². The summed E-state index contributed by atoms with van der Waals surface area (Å²) in [6.07, 6.45) is 3.38. The Bertz CT molecular complexity index is 611. The lowest BCUT2D eigenvalue weighted by molar-refractivity contribution is 0.471. The maximum absolute atomic E-state index is 6.18. The van der Waals surface area contributed by atoms with E-state index in [1.807, 2.05) is 24.3 Å². The molecule has 1 aromatic carbocycles. The number of rotatable bonds is 5. The molecule has 0 bridgehead atoms. The van der Waals surface area contributed by atoms with Gasteiger partial charge in [-0.25, -0.2) is 4.98 Å². The monoisotopic (exact) mass is 321 g/mol. The molecular formula is C16H20ClN3S. The van der Waals surface area contributed by atoms with Crippen molar-refractivity contribution in [2.75, 3.05) is 11.9 Å². The van der Waals surface area contributed by atoms with E-state index in [1.165, 1.54) is 17.0 Å². The van der Waals surface area contributed by atoms with Crippen molar-refractivity contribution in [1.29, 1.82) is 0 Å². The molecule has 1 aromatic heterocycles. The van der Waals surface area contributed by atoms with Crippen LogP contribution in [0.4, 0.5) is 5.13 Å². The quantitative estimate of drug-likeness (QED) is 0.877. The first-order valence-electron chi connectivity index (χ1n) is 7.45. The van der Waals surface area contributed by atoms with Gasteiger partial charge in [0.2, 0.25) is 0 Å². The first kappa shape index (κ1) is 14.8. The number of aryl methyl sites for hydroxylation is 1. The van der Waals surface area contributed by atoms with E-state index in [4.69, 9.17) is 16.6 Å². The van der Waals surface area contributed by atoms with Crippen LogP contribution < -0.4 is 10.6 Å². The molecule has 2 N–H and O–H groups in total. The average molecular weight is 322 g/mol. The van der Waals surface area contributed by atoms with Crippen LogP contribution in [0.5, 0.6) is 0 Å². The number of benzene rings is 1. The second-order valence-corrected chi connectivity index (χ2v) is 6.82. The zero-order chi connectivity index (χ0) is 14.7.